The van der Waals surface area contributed by atoms with E-state index in [9.17, 15) is 14.4 Å². The molecule has 1 aliphatic rings. The summed E-state index contributed by atoms with van der Waals surface area (Å²) >= 11 is 3.63. The maximum Gasteiger partial charge on any atom is 0.416 e. The minimum atomic E-state index is -1.47. The van der Waals surface area contributed by atoms with Crippen molar-refractivity contribution in [2.45, 2.75) is 51.8 Å². The van der Waals surface area contributed by atoms with E-state index in [1.54, 1.807) is 76.3 Å². The first-order valence-electron chi connectivity index (χ1n) is 13.3. The fourth-order valence-corrected chi connectivity index (χ4v) is 5.80. The number of methoxy groups -OCH3 is 2. The molecule has 3 aromatic rings. The first-order valence-corrected chi connectivity index (χ1v) is 14.1. The third kappa shape index (κ3) is 5.95. The lowest BCUT2D eigenvalue weighted by Crippen LogP contribution is -2.54. The van der Waals surface area contributed by atoms with Crippen LogP contribution in [0, 0.1) is 0 Å². The topological polar surface area (TPSA) is 85.4 Å². The Labute approximate surface area is 249 Å². The van der Waals surface area contributed by atoms with Crippen molar-refractivity contribution in [1.29, 1.82) is 0 Å². The number of fused-ring (bicyclic) bond motifs is 1. The largest absolute Gasteiger partial charge is 0.497 e. The van der Waals surface area contributed by atoms with Crippen LogP contribution < -0.4 is 14.4 Å². The summed E-state index contributed by atoms with van der Waals surface area (Å²) in [6, 6.07) is 19.8. The maximum atomic E-state index is 14.5. The quantitative estimate of drug-likeness (QED) is 0.277. The van der Waals surface area contributed by atoms with Gasteiger partial charge >= 0.3 is 6.09 Å². The lowest BCUT2D eigenvalue weighted by atomic mass is 9.81. The number of carbonyl (C=O) groups excluding carboxylic acids is 3. The first-order chi connectivity index (χ1) is 19.4. The Hall–Kier alpha value is -3.85. The molecule has 216 valence electrons. The van der Waals surface area contributed by atoms with Gasteiger partial charge in [0.2, 0.25) is 5.91 Å². The number of para-hydroxylation sites is 1. The van der Waals surface area contributed by atoms with E-state index in [4.69, 9.17) is 14.2 Å². The van der Waals surface area contributed by atoms with E-state index in [1.807, 2.05) is 30.3 Å². The van der Waals surface area contributed by atoms with Gasteiger partial charge in [0, 0.05) is 53.7 Å². The highest BCUT2D eigenvalue weighted by Gasteiger charge is 2.56. The Kier molecular flexibility index (Phi) is 8.77. The number of nitrogens with zero attached hydrogens (tertiary/aromatic N) is 2. The lowest BCUT2D eigenvalue weighted by Gasteiger charge is -2.40. The van der Waals surface area contributed by atoms with Gasteiger partial charge in [0.15, 0.2) is 5.78 Å². The predicted octanol–water partition coefficient (Wildman–Crippen LogP) is 6.74. The number of halogens is 1. The van der Waals surface area contributed by atoms with E-state index >= 15 is 0 Å². The summed E-state index contributed by atoms with van der Waals surface area (Å²) < 4.78 is 17.4. The van der Waals surface area contributed by atoms with Crippen LogP contribution in [0.15, 0.2) is 71.2 Å². The molecule has 0 radical (unpaired) electrons. The number of ketones is 1. The Balaban J connectivity index is 1.81. The smallest absolute Gasteiger partial charge is 0.416 e. The Morgan fingerprint density at radius 2 is 1.66 bits per heavy atom. The summed E-state index contributed by atoms with van der Waals surface area (Å²) in [5.41, 5.74) is 0.00682. The molecule has 8 nitrogen and oxygen atoms in total. The van der Waals surface area contributed by atoms with Gasteiger partial charge in [-0.1, -0.05) is 46.3 Å². The summed E-state index contributed by atoms with van der Waals surface area (Å²) in [4.78, 5) is 44.4. The van der Waals surface area contributed by atoms with Crippen molar-refractivity contribution in [3.8, 4) is 11.5 Å². The molecule has 0 spiro atoms. The highest BCUT2D eigenvalue weighted by atomic mass is 79.9. The average Bonchev–Trinajstić information content (AvgIpc) is 3.18. The minimum Gasteiger partial charge on any atom is -0.497 e. The molecule has 1 heterocycles. The monoisotopic (exact) mass is 622 g/mol. The first kappa shape index (κ1) is 30.1. The second-order valence-electron chi connectivity index (χ2n) is 10.9. The maximum absolute atomic E-state index is 14.5. The molecule has 4 rings (SSSR count). The molecular formula is C32H35BrN2O6. The molecular weight excluding hydrogens is 588 g/mol. The zero-order valence-corrected chi connectivity index (χ0v) is 25.8. The van der Waals surface area contributed by atoms with Gasteiger partial charge in [-0.15, -0.1) is 0 Å². The van der Waals surface area contributed by atoms with Gasteiger partial charge in [-0.25, -0.2) is 4.79 Å². The molecule has 9 heteroatoms. The highest BCUT2D eigenvalue weighted by molar-refractivity contribution is 9.10. The van der Waals surface area contributed by atoms with Crippen molar-refractivity contribution in [1.82, 2.24) is 4.90 Å². The van der Waals surface area contributed by atoms with E-state index in [2.05, 4.69) is 15.9 Å². The van der Waals surface area contributed by atoms with Gasteiger partial charge in [-0.05, 0) is 51.1 Å². The fraction of sp³-hybridized carbons (Fsp3) is 0.344. The van der Waals surface area contributed by atoms with Crippen molar-refractivity contribution in [3.63, 3.8) is 0 Å². The van der Waals surface area contributed by atoms with Gasteiger partial charge in [-0.2, -0.15) is 0 Å². The summed E-state index contributed by atoms with van der Waals surface area (Å²) in [7, 11) is 3.13. The number of hydrogen-bond acceptors (Lipinski definition) is 6. The van der Waals surface area contributed by atoms with E-state index in [0.717, 1.165) is 5.56 Å². The van der Waals surface area contributed by atoms with Gasteiger partial charge in [0.25, 0.3) is 0 Å². The molecule has 1 atom stereocenters. The molecule has 2 amide bonds. The Morgan fingerprint density at radius 3 is 2.29 bits per heavy atom. The number of ether oxygens (including phenoxy) is 3. The Bertz CT molecular complexity index is 1470. The number of amides is 2. The number of benzene rings is 3. The van der Waals surface area contributed by atoms with Gasteiger partial charge in [0.05, 0.1) is 19.9 Å². The molecule has 3 aromatic carbocycles. The van der Waals surface area contributed by atoms with Crippen molar-refractivity contribution < 1.29 is 28.6 Å². The number of hydrogen-bond donors (Lipinski definition) is 0. The number of Topliss-reactive ketones (excluding diaryl/α,β-unsaturated/α-hetero) is 1. The van der Waals surface area contributed by atoms with Crippen LogP contribution >= 0.6 is 15.9 Å². The van der Waals surface area contributed by atoms with Crippen molar-refractivity contribution in [2.75, 3.05) is 25.7 Å². The molecule has 0 bridgehead atoms. The molecule has 0 saturated heterocycles. The lowest BCUT2D eigenvalue weighted by molar-refractivity contribution is -0.129. The molecule has 41 heavy (non-hydrogen) atoms. The molecule has 0 saturated carbocycles. The molecule has 0 aliphatic carbocycles. The van der Waals surface area contributed by atoms with Crippen LogP contribution in [0.2, 0.25) is 0 Å². The van der Waals surface area contributed by atoms with E-state index in [0.29, 0.717) is 32.8 Å². The number of rotatable bonds is 8. The van der Waals surface area contributed by atoms with Crippen molar-refractivity contribution >= 4 is 39.4 Å². The summed E-state index contributed by atoms with van der Waals surface area (Å²) in [5, 5.41) is 0. The van der Waals surface area contributed by atoms with Crippen molar-refractivity contribution in [3.05, 3.63) is 87.9 Å². The fourth-order valence-electron chi connectivity index (χ4n) is 5.18. The van der Waals surface area contributed by atoms with Crippen LogP contribution in [0.3, 0.4) is 0 Å². The normalized spacial score (nSPS) is 16.3. The second kappa shape index (κ2) is 11.9. The summed E-state index contributed by atoms with van der Waals surface area (Å²) in [5.74, 6) is 0.791. The molecule has 1 aliphatic heterocycles. The summed E-state index contributed by atoms with van der Waals surface area (Å²) in [6.45, 7) is 7.25. The SMILES string of the molecule is COc1ccc(CN(CC[C@]2(c3ccccc3Br)C(=O)c3ccccc3N2C(=O)OC(C)(C)C)C(C)=O)c(OC)c1. The zero-order valence-electron chi connectivity index (χ0n) is 24.2. The third-order valence-electron chi connectivity index (χ3n) is 7.09. The van der Waals surface area contributed by atoms with Crippen LogP contribution in [-0.2, 0) is 21.6 Å². The van der Waals surface area contributed by atoms with Gasteiger partial charge < -0.3 is 19.1 Å². The van der Waals surface area contributed by atoms with Crippen LogP contribution in [0.4, 0.5) is 10.5 Å². The van der Waals surface area contributed by atoms with E-state index in [-0.39, 0.29) is 31.2 Å². The van der Waals surface area contributed by atoms with Crippen LogP contribution in [0.5, 0.6) is 11.5 Å². The minimum absolute atomic E-state index is 0.125. The molecule has 0 aromatic heterocycles. The van der Waals surface area contributed by atoms with Crippen LogP contribution in [-0.4, -0.2) is 49.0 Å². The Morgan fingerprint density at radius 1 is 0.976 bits per heavy atom. The molecule has 0 fully saturated rings. The highest BCUT2D eigenvalue weighted by Crippen LogP contribution is 2.49. The zero-order chi connectivity index (χ0) is 29.9. The molecule has 0 N–H and O–H groups in total. The second-order valence-corrected chi connectivity index (χ2v) is 11.7. The third-order valence-corrected chi connectivity index (χ3v) is 7.78. The van der Waals surface area contributed by atoms with Gasteiger partial charge in [0.1, 0.15) is 22.6 Å². The van der Waals surface area contributed by atoms with Crippen LogP contribution in [0.25, 0.3) is 0 Å². The van der Waals surface area contributed by atoms with Crippen molar-refractivity contribution in [2.24, 2.45) is 0 Å². The predicted molar refractivity (Wildman–Crippen MR) is 161 cm³/mol. The number of anilines is 1. The van der Waals surface area contributed by atoms with Crippen LogP contribution in [0.1, 0.15) is 55.6 Å². The van der Waals surface area contributed by atoms with E-state index < -0.39 is 17.2 Å². The molecule has 0 unspecified atom stereocenters. The number of carbonyl (C=O) groups is 3. The summed E-state index contributed by atoms with van der Waals surface area (Å²) in [6.07, 6.45) is -0.516. The average molecular weight is 624 g/mol. The van der Waals surface area contributed by atoms with E-state index in [1.165, 1.54) is 11.8 Å². The van der Waals surface area contributed by atoms with Gasteiger partial charge in [-0.3, -0.25) is 14.5 Å². The standard InChI is InChI=1S/C32H35BrN2O6/c1-21(36)34(20-22-15-16-23(39-5)19-28(22)40-6)18-17-32(25-12-8-9-13-26(25)33)29(37)24-11-7-10-14-27(24)35(32)30(38)41-31(2,3)4/h7-16,19H,17-18,20H2,1-6H3/t32-/m0/s1.